The van der Waals surface area contributed by atoms with Gasteiger partial charge in [-0.3, -0.25) is 19.3 Å². The maximum absolute atomic E-state index is 12.3. The van der Waals surface area contributed by atoms with Crippen molar-refractivity contribution in [3.05, 3.63) is 59.7 Å². The molecule has 2 aliphatic heterocycles. The summed E-state index contributed by atoms with van der Waals surface area (Å²) >= 11 is 1.60. The maximum atomic E-state index is 12.3. The highest BCUT2D eigenvalue weighted by Crippen LogP contribution is 2.32. The number of amides is 2. The smallest absolute Gasteiger partial charge is 0.326 e. The van der Waals surface area contributed by atoms with Crippen molar-refractivity contribution in [2.24, 2.45) is 0 Å². The van der Waals surface area contributed by atoms with Gasteiger partial charge in [-0.2, -0.15) is 0 Å². The van der Waals surface area contributed by atoms with E-state index in [9.17, 15) is 14.4 Å². The molecule has 0 bridgehead atoms. The van der Waals surface area contributed by atoms with Crippen molar-refractivity contribution in [1.82, 2.24) is 9.88 Å². The van der Waals surface area contributed by atoms with E-state index in [1.165, 1.54) is 0 Å². The second-order valence-electron chi connectivity index (χ2n) is 6.72. The molecule has 8 heteroatoms. The number of imide groups is 1. The van der Waals surface area contributed by atoms with Gasteiger partial charge in [-0.25, -0.2) is 4.98 Å². The molecule has 5 rings (SSSR count). The number of nitrogens with zero attached hydrogens (tertiary/aromatic N) is 3. The molecule has 0 aliphatic carbocycles. The standard InChI is InChI=1S/C20H15N3O4S/c24-17(11-23-18(25)13-5-1-2-6-14(13)19(23)26)27-12-9-22(10-12)20-21-15-7-3-4-8-16(15)28-20/h1-8,12H,9-11H2. The third-order valence-electron chi connectivity index (χ3n) is 4.86. The average molecular weight is 393 g/mol. The van der Waals surface area contributed by atoms with E-state index >= 15 is 0 Å². The van der Waals surface area contributed by atoms with Gasteiger partial charge in [0.2, 0.25) is 0 Å². The number of carbonyl (C=O) groups is 3. The van der Waals surface area contributed by atoms with Crippen molar-refractivity contribution in [3.63, 3.8) is 0 Å². The minimum absolute atomic E-state index is 0.269. The van der Waals surface area contributed by atoms with Gasteiger partial charge >= 0.3 is 5.97 Å². The Bertz CT molecular complexity index is 1050. The summed E-state index contributed by atoms with van der Waals surface area (Å²) in [6, 6.07) is 14.5. The molecule has 1 aromatic heterocycles. The summed E-state index contributed by atoms with van der Waals surface area (Å²) in [7, 11) is 0. The van der Waals surface area contributed by atoms with E-state index in [0.29, 0.717) is 24.2 Å². The normalized spacial score (nSPS) is 16.4. The van der Waals surface area contributed by atoms with Crippen molar-refractivity contribution in [3.8, 4) is 0 Å². The predicted molar refractivity (Wildman–Crippen MR) is 104 cm³/mol. The molecule has 0 spiro atoms. The van der Waals surface area contributed by atoms with Gasteiger partial charge in [0, 0.05) is 0 Å². The van der Waals surface area contributed by atoms with E-state index < -0.39 is 17.8 Å². The fourth-order valence-corrected chi connectivity index (χ4v) is 4.38. The van der Waals surface area contributed by atoms with Gasteiger partial charge in [-0.05, 0) is 24.3 Å². The quantitative estimate of drug-likeness (QED) is 0.500. The highest BCUT2D eigenvalue weighted by Gasteiger charge is 2.38. The van der Waals surface area contributed by atoms with Crippen LogP contribution in [0, 0.1) is 0 Å². The van der Waals surface area contributed by atoms with E-state index in [1.54, 1.807) is 35.6 Å². The molecule has 0 saturated carbocycles. The molecule has 2 aromatic carbocycles. The second-order valence-corrected chi connectivity index (χ2v) is 7.73. The van der Waals surface area contributed by atoms with Crippen LogP contribution >= 0.6 is 11.3 Å². The zero-order valence-corrected chi connectivity index (χ0v) is 15.5. The van der Waals surface area contributed by atoms with Crippen LogP contribution in [0.15, 0.2) is 48.5 Å². The third-order valence-corrected chi connectivity index (χ3v) is 5.96. The molecular weight excluding hydrogens is 378 g/mol. The summed E-state index contributed by atoms with van der Waals surface area (Å²) in [5.41, 5.74) is 1.60. The Hall–Kier alpha value is -3.26. The van der Waals surface area contributed by atoms with Crippen LogP contribution in [0.3, 0.4) is 0 Å². The molecule has 1 fully saturated rings. The van der Waals surface area contributed by atoms with Gasteiger partial charge in [0.25, 0.3) is 11.8 Å². The van der Waals surface area contributed by atoms with Gasteiger partial charge < -0.3 is 9.64 Å². The minimum atomic E-state index is -0.580. The van der Waals surface area contributed by atoms with Crippen molar-refractivity contribution in [1.29, 1.82) is 0 Å². The molecule has 0 radical (unpaired) electrons. The van der Waals surface area contributed by atoms with Gasteiger partial charge in [-0.1, -0.05) is 35.6 Å². The monoisotopic (exact) mass is 393 g/mol. The first kappa shape index (κ1) is 16.9. The molecule has 7 nitrogen and oxygen atoms in total. The average Bonchev–Trinajstić information content (AvgIpc) is 3.19. The highest BCUT2D eigenvalue weighted by atomic mass is 32.1. The predicted octanol–water partition coefficient (Wildman–Crippen LogP) is 2.32. The fraction of sp³-hybridized carbons (Fsp3) is 0.200. The first-order valence-electron chi connectivity index (χ1n) is 8.85. The van der Waals surface area contributed by atoms with Gasteiger partial charge in [0.1, 0.15) is 12.6 Å². The lowest BCUT2D eigenvalue weighted by Gasteiger charge is -2.38. The zero-order valence-electron chi connectivity index (χ0n) is 14.7. The molecule has 0 atom stereocenters. The van der Waals surface area contributed by atoms with Gasteiger partial charge in [0.05, 0.1) is 34.4 Å². The fourth-order valence-electron chi connectivity index (χ4n) is 3.40. The van der Waals surface area contributed by atoms with Crippen LogP contribution in [0.25, 0.3) is 10.2 Å². The summed E-state index contributed by atoms with van der Waals surface area (Å²) in [6.45, 7) is 0.728. The van der Waals surface area contributed by atoms with E-state index in [1.807, 2.05) is 29.2 Å². The Morgan fingerprint density at radius 1 is 1.04 bits per heavy atom. The van der Waals surface area contributed by atoms with Crippen LogP contribution in [-0.2, 0) is 9.53 Å². The van der Waals surface area contributed by atoms with Gasteiger partial charge in [-0.15, -0.1) is 0 Å². The zero-order chi connectivity index (χ0) is 19.3. The number of thiazole rings is 1. The third kappa shape index (κ3) is 2.73. The number of ether oxygens (including phenoxy) is 1. The summed E-state index contributed by atoms with van der Waals surface area (Å²) in [6.07, 6.45) is -0.269. The van der Waals surface area contributed by atoms with E-state index in [4.69, 9.17) is 4.74 Å². The van der Waals surface area contributed by atoms with Crippen molar-refractivity contribution < 1.29 is 19.1 Å². The summed E-state index contributed by atoms with van der Waals surface area (Å²) in [5, 5.41) is 0.897. The molecule has 0 unspecified atom stereocenters. The van der Waals surface area contributed by atoms with Crippen LogP contribution in [0.1, 0.15) is 20.7 Å². The number of para-hydroxylation sites is 1. The Kier molecular flexibility index (Phi) is 3.87. The number of hydrogen-bond acceptors (Lipinski definition) is 7. The largest absolute Gasteiger partial charge is 0.457 e. The number of fused-ring (bicyclic) bond motifs is 2. The number of anilines is 1. The number of aromatic nitrogens is 1. The molecule has 1 saturated heterocycles. The molecule has 2 amide bonds. The summed E-state index contributed by atoms with van der Waals surface area (Å²) in [5.74, 6) is -1.49. The number of carbonyl (C=O) groups excluding carboxylic acids is 3. The number of benzene rings is 2. The maximum Gasteiger partial charge on any atom is 0.326 e. The Balaban J connectivity index is 1.18. The van der Waals surface area contributed by atoms with E-state index in [0.717, 1.165) is 20.2 Å². The van der Waals surface area contributed by atoms with Crippen molar-refractivity contribution in [2.45, 2.75) is 6.10 Å². The lowest BCUT2D eigenvalue weighted by Crippen LogP contribution is -2.53. The highest BCUT2D eigenvalue weighted by molar-refractivity contribution is 7.22. The van der Waals surface area contributed by atoms with Crippen LogP contribution in [-0.4, -0.2) is 53.4 Å². The molecule has 28 heavy (non-hydrogen) atoms. The van der Waals surface area contributed by atoms with Crippen LogP contribution in [0.5, 0.6) is 0 Å². The van der Waals surface area contributed by atoms with Crippen LogP contribution in [0.4, 0.5) is 5.13 Å². The lowest BCUT2D eigenvalue weighted by atomic mass is 10.1. The number of esters is 1. The Labute approximate surface area is 164 Å². The first-order chi connectivity index (χ1) is 13.6. The lowest BCUT2D eigenvalue weighted by molar-refractivity contribution is -0.150. The number of hydrogen-bond donors (Lipinski definition) is 0. The minimum Gasteiger partial charge on any atom is -0.457 e. The SMILES string of the molecule is O=C(CN1C(=O)c2ccccc2C1=O)OC1CN(c2nc3ccccc3s2)C1. The molecule has 3 heterocycles. The van der Waals surface area contributed by atoms with E-state index in [-0.39, 0.29) is 12.6 Å². The summed E-state index contributed by atoms with van der Waals surface area (Å²) in [4.78, 5) is 44.4. The van der Waals surface area contributed by atoms with Crippen LogP contribution < -0.4 is 4.90 Å². The molecule has 140 valence electrons. The summed E-state index contributed by atoms with van der Waals surface area (Å²) < 4.78 is 6.53. The first-order valence-corrected chi connectivity index (χ1v) is 9.67. The van der Waals surface area contributed by atoms with Gasteiger partial charge in [0.15, 0.2) is 5.13 Å². The van der Waals surface area contributed by atoms with Crippen molar-refractivity contribution in [2.75, 3.05) is 24.5 Å². The topological polar surface area (TPSA) is 79.8 Å². The number of rotatable bonds is 4. The van der Waals surface area contributed by atoms with E-state index in [2.05, 4.69) is 4.98 Å². The molecule has 0 N–H and O–H groups in total. The molecular formula is C20H15N3O4S. The van der Waals surface area contributed by atoms with Crippen LogP contribution in [0.2, 0.25) is 0 Å². The molecule has 2 aliphatic rings. The Morgan fingerprint density at radius 2 is 1.68 bits per heavy atom. The molecule has 3 aromatic rings. The second kappa shape index (κ2) is 6.42. The Morgan fingerprint density at radius 3 is 2.36 bits per heavy atom. The van der Waals surface area contributed by atoms with Crippen molar-refractivity contribution >= 4 is 44.5 Å².